The van der Waals surface area contributed by atoms with E-state index in [1.165, 1.54) is 40.0 Å². The molecule has 0 N–H and O–H groups in total. The third-order valence-corrected chi connectivity index (χ3v) is 6.64. The molecular weight excluding hydrogens is 555 g/mol. The Morgan fingerprint density at radius 3 is 2.55 bits per heavy atom. The number of benzene rings is 1. The number of carbonyl (C=O) groups excluding carboxylic acids is 1. The van der Waals surface area contributed by atoms with Crippen LogP contribution in [-0.4, -0.2) is 39.6 Å². The van der Waals surface area contributed by atoms with Crippen molar-refractivity contribution in [2.45, 2.75) is 53.0 Å². The van der Waals surface area contributed by atoms with Gasteiger partial charge in [-0.15, -0.1) is 4.73 Å². The summed E-state index contributed by atoms with van der Waals surface area (Å²) >= 11 is 0. The Kier molecular flexibility index (Phi) is 7.54. The zero-order valence-electron chi connectivity index (χ0n) is 22.9. The Balaban J connectivity index is 1.65. The minimum absolute atomic E-state index is 0.00178. The molecular formula is C28H26F3N7O4. The van der Waals surface area contributed by atoms with Crippen molar-refractivity contribution >= 4 is 17.1 Å². The maximum absolute atomic E-state index is 13.6. The molecule has 0 saturated carbocycles. The van der Waals surface area contributed by atoms with E-state index in [4.69, 9.17) is 4.84 Å². The van der Waals surface area contributed by atoms with Crippen molar-refractivity contribution < 1.29 is 22.8 Å². The summed E-state index contributed by atoms with van der Waals surface area (Å²) in [5, 5.41) is 4.25. The van der Waals surface area contributed by atoms with Crippen LogP contribution in [0.5, 0.6) is 0 Å². The second-order valence-corrected chi connectivity index (χ2v) is 9.53. The summed E-state index contributed by atoms with van der Waals surface area (Å²) < 4.78 is 44.3. The molecule has 0 atom stereocenters. The summed E-state index contributed by atoms with van der Waals surface area (Å²) in [6, 6.07) is 7.96. The van der Waals surface area contributed by atoms with Crippen molar-refractivity contribution in [3.8, 4) is 11.4 Å². The molecule has 5 aromatic rings. The van der Waals surface area contributed by atoms with E-state index >= 15 is 0 Å². The summed E-state index contributed by atoms with van der Waals surface area (Å²) in [6.45, 7) is 5.49. The SMILES string of the molecule is CCCn1c(=O)c2c(nc(-c3cnn(Cc4cccc(C(F)(F)F)c4)c3)n2OC(=O)c2cccnc2C)n(CC)c1=O. The van der Waals surface area contributed by atoms with E-state index in [1.807, 2.05) is 6.92 Å². The number of pyridine rings is 1. The summed E-state index contributed by atoms with van der Waals surface area (Å²) in [5.74, 6) is -0.809. The van der Waals surface area contributed by atoms with Crippen LogP contribution >= 0.6 is 0 Å². The van der Waals surface area contributed by atoms with Gasteiger partial charge in [0.1, 0.15) is 0 Å². The van der Waals surface area contributed by atoms with E-state index < -0.39 is 29.0 Å². The van der Waals surface area contributed by atoms with Gasteiger partial charge in [0.25, 0.3) is 5.56 Å². The molecule has 218 valence electrons. The largest absolute Gasteiger partial charge is 0.416 e. The predicted molar refractivity (Wildman–Crippen MR) is 146 cm³/mol. The highest BCUT2D eigenvalue weighted by atomic mass is 19.4. The Morgan fingerprint density at radius 2 is 1.86 bits per heavy atom. The van der Waals surface area contributed by atoms with Gasteiger partial charge < -0.3 is 4.84 Å². The van der Waals surface area contributed by atoms with Gasteiger partial charge in [-0.2, -0.15) is 18.3 Å². The predicted octanol–water partition coefficient (Wildman–Crippen LogP) is 3.69. The van der Waals surface area contributed by atoms with E-state index in [-0.39, 0.29) is 42.2 Å². The fourth-order valence-electron chi connectivity index (χ4n) is 4.62. The van der Waals surface area contributed by atoms with E-state index in [0.717, 1.165) is 21.4 Å². The fourth-order valence-corrected chi connectivity index (χ4v) is 4.62. The van der Waals surface area contributed by atoms with Gasteiger partial charge in [0.15, 0.2) is 17.0 Å². The van der Waals surface area contributed by atoms with Gasteiger partial charge >= 0.3 is 17.8 Å². The lowest BCUT2D eigenvalue weighted by Gasteiger charge is -2.11. The highest BCUT2D eigenvalue weighted by molar-refractivity contribution is 5.91. The number of halogens is 3. The molecule has 0 aliphatic heterocycles. The van der Waals surface area contributed by atoms with Gasteiger partial charge in [0, 0.05) is 25.5 Å². The first kappa shape index (κ1) is 28.5. The number of rotatable bonds is 8. The molecule has 0 aliphatic rings. The highest BCUT2D eigenvalue weighted by Gasteiger charge is 2.30. The number of aromatic nitrogens is 7. The number of alkyl halides is 3. The summed E-state index contributed by atoms with van der Waals surface area (Å²) in [6.07, 6.45) is 0.411. The van der Waals surface area contributed by atoms with Crippen LogP contribution in [0.15, 0.2) is 64.6 Å². The molecule has 0 saturated heterocycles. The van der Waals surface area contributed by atoms with Crippen molar-refractivity contribution in [2.24, 2.45) is 0 Å². The highest BCUT2D eigenvalue weighted by Crippen LogP contribution is 2.30. The van der Waals surface area contributed by atoms with Gasteiger partial charge in [0.05, 0.1) is 35.1 Å². The van der Waals surface area contributed by atoms with Crippen molar-refractivity contribution in [3.63, 3.8) is 0 Å². The topological polar surface area (TPSA) is 119 Å². The number of nitrogens with zero attached hydrogens (tertiary/aromatic N) is 7. The second-order valence-electron chi connectivity index (χ2n) is 9.53. The zero-order valence-corrected chi connectivity index (χ0v) is 22.9. The van der Waals surface area contributed by atoms with Crippen LogP contribution in [0.4, 0.5) is 13.2 Å². The van der Waals surface area contributed by atoms with Crippen LogP contribution in [0.3, 0.4) is 0 Å². The summed E-state index contributed by atoms with van der Waals surface area (Å²) in [5.41, 5.74) is -0.932. The van der Waals surface area contributed by atoms with Crippen molar-refractivity contribution in [3.05, 3.63) is 98.2 Å². The molecule has 0 bridgehead atoms. The maximum atomic E-state index is 13.6. The molecule has 4 aromatic heterocycles. The summed E-state index contributed by atoms with van der Waals surface area (Å²) in [7, 11) is 0. The van der Waals surface area contributed by atoms with E-state index in [0.29, 0.717) is 23.2 Å². The Hall–Kier alpha value is -5.01. The quantitative estimate of drug-likeness (QED) is 0.274. The first-order chi connectivity index (χ1) is 20.0. The standard InChI is InChI=1S/C28H26F3N7O4/c1-4-12-37-25(39)22-24(36(5-2)27(37)41)34-23(38(22)42-26(40)21-10-7-11-32-17(21)3)19-14-33-35(16-19)15-18-8-6-9-20(13-18)28(29,30)31/h6-11,13-14,16H,4-5,12,15H2,1-3H3. The zero-order chi connectivity index (χ0) is 30.2. The maximum Gasteiger partial charge on any atom is 0.416 e. The number of fused-ring (bicyclic) bond motifs is 1. The number of imidazole rings is 1. The third-order valence-electron chi connectivity index (χ3n) is 6.64. The van der Waals surface area contributed by atoms with E-state index in [1.54, 1.807) is 26.0 Å². The van der Waals surface area contributed by atoms with Crippen LogP contribution in [-0.2, 0) is 25.8 Å². The first-order valence-electron chi connectivity index (χ1n) is 13.1. The smallest absolute Gasteiger partial charge is 0.329 e. The molecule has 5 rings (SSSR count). The minimum atomic E-state index is -4.49. The van der Waals surface area contributed by atoms with Gasteiger partial charge in [-0.1, -0.05) is 19.1 Å². The molecule has 0 amide bonds. The fraction of sp³-hybridized carbons (Fsp3) is 0.286. The Labute approximate surface area is 236 Å². The second kappa shape index (κ2) is 11.1. The van der Waals surface area contributed by atoms with Crippen molar-refractivity contribution in [2.75, 3.05) is 0 Å². The molecule has 42 heavy (non-hydrogen) atoms. The minimum Gasteiger partial charge on any atom is -0.329 e. The molecule has 4 heterocycles. The van der Waals surface area contributed by atoms with Gasteiger partial charge in [-0.25, -0.2) is 14.6 Å². The molecule has 0 aliphatic carbocycles. The van der Waals surface area contributed by atoms with Gasteiger partial charge in [-0.05, 0) is 50.1 Å². The van der Waals surface area contributed by atoms with Crippen molar-refractivity contribution in [1.29, 1.82) is 0 Å². The lowest BCUT2D eigenvalue weighted by molar-refractivity contribution is -0.137. The Morgan fingerprint density at radius 1 is 1.07 bits per heavy atom. The van der Waals surface area contributed by atoms with Crippen LogP contribution in [0.1, 0.15) is 47.4 Å². The molecule has 14 heteroatoms. The van der Waals surface area contributed by atoms with Crippen LogP contribution < -0.4 is 16.1 Å². The number of hydrogen-bond acceptors (Lipinski definition) is 7. The number of hydrogen-bond donors (Lipinski definition) is 0. The molecule has 0 radical (unpaired) electrons. The molecule has 0 fully saturated rings. The average Bonchev–Trinajstić information content (AvgIpc) is 3.56. The van der Waals surface area contributed by atoms with E-state index in [9.17, 15) is 27.6 Å². The molecule has 0 unspecified atom stereocenters. The van der Waals surface area contributed by atoms with Crippen LogP contribution in [0, 0.1) is 6.92 Å². The lowest BCUT2D eigenvalue weighted by atomic mass is 10.1. The average molecular weight is 582 g/mol. The van der Waals surface area contributed by atoms with Crippen LogP contribution in [0.2, 0.25) is 0 Å². The lowest BCUT2D eigenvalue weighted by Crippen LogP contribution is -2.41. The van der Waals surface area contributed by atoms with Gasteiger partial charge in [0.2, 0.25) is 0 Å². The van der Waals surface area contributed by atoms with Crippen LogP contribution in [0.25, 0.3) is 22.6 Å². The van der Waals surface area contributed by atoms with Crippen molar-refractivity contribution in [1.82, 2.24) is 33.6 Å². The molecule has 0 spiro atoms. The monoisotopic (exact) mass is 581 g/mol. The normalized spacial score (nSPS) is 11.8. The summed E-state index contributed by atoms with van der Waals surface area (Å²) in [4.78, 5) is 54.4. The Bertz CT molecular complexity index is 1920. The molecule has 11 nitrogen and oxygen atoms in total. The third kappa shape index (κ3) is 5.22. The molecule has 1 aromatic carbocycles. The number of carbonyl (C=O) groups is 1. The first-order valence-corrected chi connectivity index (χ1v) is 13.1. The van der Waals surface area contributed by atoms with E-state index in [2.05, 4.69) is 15.1 Å². The van der Waals surface area contributed by atoms with Gasteiger partial charge in [-0.3, -0.25) is 23.6 Å². The number of aryl methyl sites for hydroxylation is 2.